The molecule has 0 fully saturated rings. The summed E-state index contributed by atoms with van der Waals surface area (Å²) in [6.07, 6.45) is -9.57. The van der Waals surface area contributed by atoms with Crippen molar-refractivity contribution in [2.45, 2.75) is 19.3 Å². The largest absolute Gasteiger partial charge is 0.418 e. The minimum Gasteiger partial charge on any atom is -0.344 e. The predicted octanol–water partition coefficient (Wildman–Crippen LogP) is 12.6. The van der Waals surface area contributed by atoms with Crippen LogP contribution in [0.2, 0.25) is 0 Å². The van der Waals surface area contributed by atoms with Crippen LogP contribution in [0.5, 0.6) is 0 Å². The van der Waals surface area contributed by atoms with E-state index in [1.54, 1.807) is 72.8 Å². The molecule has 0 spiro atoms. The van der Waals surface area contributed by atoms with Gasteiger partial charge in [-0.25, -0.2) is 0 Å². The highest BCUT2D eigenvalue weighted by atomic mass is 19.4. The van der Waals surface area contributed by atoms with Crippen molar-refractivity contribution in [2.24, 2.45) is 0 Å². The van der Waals surface area contributed by atoms with E-state index >= 15 is 0 Å². The van der Waals surface area contributed by atoms with Crippen molar-refractivity contribution in [3.8, 4) is 22.3 Å². The molecule has 6 rings (SSSR count). The Morgan fingerprint density at radius 2 is 0.812 bits per heavy atom. The van der Waals surface area contributed by atoms with E-state index in [2.05, 4.69) is 0 Å². The normalized spacial score (nSPS) is 11.8. The zero-order valence-electron chi connectivity index (χ0n) is 26.0. The first-order valence-corrected chi connectivity index (χ1v) is 15.1. The molecular formula is C40H30F6N2. The Morgan fingerprint density at radius 3 is 1.31 bits per heavy atom. The van der Waals surface area contributed by atoms with Gasteiger partial charge in [-0.15, -0.1) is 0 Å². The molecule has 0 unspecified atom stereocenters. The molecule has 242 valence electrons. The number of nitrogens with zero attached hydrogens (tertiary/aromatic N) is 2. The first kappa shape index (κ1) is 32.4. The van der Waals surface area contributed by atoms with E-state index in [-0.39, 0.29) is 22.5 Å². The average molecular weight is 653 g/mol. The second-order valence-corrected chi connectivity index (χ2v) is 11.4. The maximum absolute atomic E-state index is 14.9. The molecule has 0 bridgehead atoms. The van der Waals surface area contributed by atoms with E-state index in [0.29, 0.717) is 17.1 Å². The summed E-state index contributed by atoms with van der Waals surface area (Å²) in [7, 11) is 1.52. The molecule has 2 nitrogen and oxygen atoms in total. The topological polar surface area (TPSA) is 6.48 Å². The number of anilines is 5. The number of benzene rings is 6. The van der Waals surface area contributed by atoms with E-state index < -0.39 is 23.5 Å². The fourth-order valence-corrected chi connectivity index (χ4v) is 5.72. The average Bonchev–Trinajstić information content (AvgIpc) is 3.09. The summed E-state index contributed by atoms with van der Waals surface area (Å²) >= 11 is 0. The standard InChI is InChI=1S/C40H30F6N2/c1-27-13-15-28(16-14-27)29-17-21-34(22-18-29)48(33-11-7-4-8-12-33)38-24-20-31(26-36(38)40(44,45)46)30-19-23-37(35(25-30)39(41,42)43)47(2)32-9-5-3-6-10-32/h3-26H,1-2H3. The third-order valence-electron chi connectivity index (χ3n) is 8.21. The minimum absolute atomic E-state index is 0.00761. The number of aryl methyl sites for hydroxylation is 1. The Balaban J connectivity index is 1.45. The van der Waals surface area contributed by atoms with Crippen molar-refractivity contribution in [2.75, 3.05) is 16.8 Å². The van der Waals surface area contributed by atoms with Crippen LogP contribution in [0.25, 0.3) is 22.3 Å². The molecule has 0 aliphatic carbocycles. The van der Waals surface area contributed by atoms with Gasteiger partial charge in [-0.1, -0.05) is 90.5 Å². The first-order valence-electron chi connectivity index (χ1n) is 15.1. The maximum atomic E-state index is 14.9. The summed E-state index contributed by atoms with van der Waals surface area (Å²) in [5.41, 5.74) is 2.31. The molecule has 0 amide bonds. The highest BCUT2D eigenvalue weighted by Crippen LogP contribution is 2.46. The van der Waals surface area contributed by atoms with Crippen molar-refractivity contribution in [1.82, 2.24) is 0 Å². The Hall–Kier alpha value is -5.50. The van der Waals surface area contributed by atoms with Crippen LogP contribution in [-0.4, -0.2) is 7.05 Å². The highest BCUT2D eigenvalue weighted by Gasteiger charge is 2.37. The number of hydrogen-bond donors (Lipinski definition) is 0. The molecule has 8 heteroatoms. The summed E-state index contributed by atoms with van der Waals surface area (Å²) in [5, 5.41) is 0. The molecule has 0 aliphatic rings. The highest BCUT2D eigenvalue weighted by molar-refractivity contribution is 5.83. The number of para-hydroxylation sites is 2. The molecule has 0 saturated heterocycles. The van der Waals surface area contributed by atoms with Gasteiger partial charge in [-0.2, -0.15) is 26.3 Å². The van der Waals surface area contributed by atoms with Crippen LogP contribution in [0, 0.1) is 6.92 Å². The van der Waals surface area contributed by atoms with Gasteiger partial charge < -0.3 is 9.80 Å². The second kappa shape index (κ2) is 13.0. The van der Waals surface area contributed by atoms with E-state index in [4.69, 9.17) is 0 Å². The van der Waals surface area contributed by atoms with Crippen molar-refractivity contribution < 1.29 is 26.3 Å². The van der Waals surface area contributed by atoms with Crippen molar-refractivity contribution in [3.05, 3.63) is 162 Å². The smallest absolute Gasteiger partial charge is 0.344 e. The second-order valence-electron chi connectivity index (χ2n) is 11.4. The van der Waals surface area contributed by atoms with Gasteiger partial charge in [0, 0.05) is 24.1 Å². The maximum Gasteiger partial charge on any atom is 0.418 e. The Kier molecular flexibility index (Phi) is 8.75. The molecule has 6 aromatic rings. The van der Waals surface area contributed by atoms with E-state index in [1.807, 2.05) is 43.3 Å². The Morgan fingerprint density at radius 1 is 0.417 bits per heavy atom. The molecule has 0 N–H and O–H groups in total. The molecule has 6 aromatic carbocycles. The molecule has 0 saturated carbocycles. The quantitative estimate of drug-likeness (QED) is 0.158. The predicted molar refractivity (Wildman–Crippen MR) is 181 cm³/mol. The summed E-state index contributed by atoms with van der Waals surface area (Å²) in [4.78, 5) is 2.91. The summed E-state index contributed by atoms with van der Waals surface area (Å²) in [5.74, 6) is 0. The number of halogens is 6. The van der Waals surface area contributed by atoms with Gasteiger partial charge in [0.25, 0.3) is 0 Å². The van der Waals surface area contributed by atoms with Gasteiger partial charge in [0.1, 0.15) is 0 Å². The molecule has 0 atom stereocenters. The zero-order valence-corrected chi connectivity index (χ0v) is 26.0. The van der Waals surface area contributed by atoms with E-state index in [9.17, 15) is 26.3 Å². The van der Waals surface area contributed by atoms with Crippen LogP contribution in [0.15, 0.2) is 146 Å². The number of rotatable bonds is 7. The van der Waals surface area contributed by atoms with Gasteiger partial charge in [-0.05, 0) is 89.8 Å². The molecule has 0 heterocycles. The summed E-state index contributed by atoms with van der Waals surface area (Å²) in [6, 6.07) is 39.6. The van der Waals surface area contributed by atoms with Crippen LogP contribution in [0.4, 0.5) is 54.8 Å². The van der Waals surface area contributed by atoms with Gasteiger partial charge in [-0.3, -0.25) is 0 Å². The van der Waals surface area contributed by atoms with Crippen LogP contribution in [-0.2, 0) is 12.4 Å². The van der Waals surface area contributed by atoms with Crippen molar-refractivity contribution in [3.63, 3.8) is 0 Å². The lowest BCUT2D eigenvalue weighted by Crippen LogP contribution is -2.17. The fraction of sp³-hybridized carbons (Fsp3) is 0.100. The van der Waals surface area contributed by atoms with E-state index in [1.165, 1.54) is 41.1 Å². The lowest BCUT2D eigenvalue weighted by atomic mass is 9.97. The third kappa shape index (κ3) is 6.79. The first-order chi connectivity index (χ1) is 22.9. The van der Waals surface area contributed by atoms with Crippen molar-refractivity contribution in [1.29, 1.82) is 0 Å². The monoisotopic (exact) mass is 652 g/mol. The van der Waals surface area contributed by atoms with Gasteiger partial charge in [0.2, 0.25) is 0 Å². The SMILES string of the molecule is Cc1ccc(-c2ccc(N(c3ccccc3)c3ccc(-c4ccc(N(C)c5ccccc5)c(C(F)(F)F)c4)cc3C(F)(F)F)cc2)cc1. The third-order valence-corrected chi connectivity index (χ3v) is 8.21. The molecule has 0 aliphatic heterocycles. The van der Waals surface area contributed by atoms with Crippen LogP contribution < -0.4 is 9.80 Å². The van der Waals surface area contributed by atoms with E-state index in [0.717, 1.165) is 28.8 Å². The van der Waals surface area contributed by atoms with Crippen molar-refractivity contribution >= 4 is 28.4 Å². The molecule has 0 radical (unpaired) electrons. The summed E-state index contributed by atoms with van der Waals surface area (Å²) < 4.78 is 87.7. The Labute approximate surface area is 275 Å². The van der Waals surface area contributed by atoms with Gasteiger partial charge >= 0.3 is 12.4 Å². The van der Waals surface area contributed by atoms with Gasteiger partial charge in [0.15, 0.2) is 0 Å². The lowest BCUT2D eigenvalue weighted by Gasteiger charge is -2.29. The molecular weight excluding hydrogens is 622 g/mol. The molecule has 48 heavy (non-hydrogen) atoms. The van der Waals surface area contributed by atoms with Crippen LogP contribution in [0.1, 0.15) is 16.7 Å². The molecule has 0 aromatic heterocycles. The Bertz CT molecular complexity index is 2000. The number of hydrogen-bond acceptors (Lipinski definition) is 2. The number of alkyl halides is 6. The summed E-state index contributed by atoms with van der Waals surface area (Å²) in [6.45, 7) is 1.99. The zero-order chi connectivity index (χ0) is 34.1. The lowest BCUT2D eigenvalue weighted by molar-refractivity contribution is -0.138. The van der Waals surface area contributed by atoms with Crippen LogP contribution >= 0.6 is 0 Å². The minimum atomic E-state index is -4.82. The van der Waals surface area contributed by atoms with Gasteiger partial charge in [0.05, 0.1) is 22.5 Å². The fourth-order valence-electron chi connectivity index (χ4n) is 5.72. The van der Waals surface area contributed by atoms with Crippen LogP contribution in [0.3, 0.4) is 0 Å².